The van der Waals surface area contributed by atoms with Crippen molar-refractivity contribution in [3.63, 3.8) is 0 Å². The molecule has 0 bridgehead atoms. The van der Waals surface area contributed by atoms with Gasteiger partial charge in [-0.05, 0) is 36.3 Å². The minimum absolute atomic E-state index is 0.121. The van der Waals surface area contributed by atoms with Crippen LogP contribution >= 0.6 is 0 Å². The van der Waals surface area contributed by atoms with Gasteiger partial charge in [-0.15, -0.1) is 0 Å². The first-order valence-corrected chi connectivity index (χ1v) is 10.3. The number of rotatable bonds is 5. The van der Waals surface area contributed by atoms with Crippen molar-refractivity contribution in [2.24, 2.45) is 11.8 Å². The summed E-state index contributed by atoms with van der Waals surface area (Å²) in [6.07, 6.45) is 4.96. The standard InChI is InChI=1S/C23H34N2O2/c1-18(2)9-10-21(20-7-5-4-6-8-20)15-24-13-11-23(27)12-14-25(19(3)26)17-22(23)16-24/h4-8,10,18,22,27H,9,11-17H2,1-3H3/t22-,23-/m1/s1. The van der Waals surface area contributed by atoms with Gasteiger partial charge < -0.3 is 10.0 Å². The fourth-order valence-corrected chi connectivity index (χ4v) is 4.35. The van der Waals surface area contributed by atoms with Gasteiger partial charge in [0.05, 0.1) is 5.60 Å². The van der Waals surface area contributed by atoms with E-state index in [1.54, 1.807) is 6.92 Å². The highest BCUT2D eigenvalue weighted by Gasteiger charge is 2.45. The topological polar surface area (TPSA) is 43.8 Å². The van der Waals surface area contributed by atoms with Crippen molar-refractivity contribution in [1.82, 2.24) is 9.80 Å². The lowest BCUT2D eigenvalue weighted by molar-refractivity contribution is -0.144. The van der Waals surface area contributed by atoms with Crippen LogP contribution in [0.3, 0.4) is 0 Å². The van der Waals surface area contributed by atoms with Gasteiger partial charge in [0.2, 0.25) is 5.91 Å². The van der Waals surface area contributed by atoms with Crippen molar-refractivity contribution in [3.8, 4) is 0 Å². The Kier molecular flexibility index (Phi) is 6.38. The van der Waals surface area contributed by atoms with Crippen molar-refractivity contribution in [2.75, 3.05) is 32.7 Å². The highest BCUT2D eigenvalue weighted by Crippen LogP contribution is 2.36. The molecule has 0 saturated carbocycles. The Balaban J connectivity index is 1.71. The summed E-state index contributed by atoms with van der Waals surface area (Å²) >= 11 is 0. The first kappa shape index (κ1) is 20.1. The maximum atomic E-state index is 11.8. The van der Waals surface area contributed by atoms with E-state index in [1.807, 2.05) is 4.90 Å². The highest BCUT2D eigenvalue weighted by atomic mass is 16.3. The predicted octanol–water partition coefficient (Wildman–Crippen LogP) is 3.42. The molecule has 2 aliphatic rings. The normalized spacial score (nSPS) is 26.9. The van der Waals surface area contributed by atoms with Crippen LogP contribution in [0.4, 0.5) is 0 Å². The molecular weight excluding hydrogens is 336 g/mol. The first-order chi connectivity index (χ1) is 12.9. The van der Waals surface area contributed by atoms with E-state index in [0.717, 1.165) is 32.5 Å². The first-order valence-electron chi connectivity index (χ1n) is 10.3. The SMILES string of the molecule is CC(=O)N1CC[C@]2(O)CCN(CC(=CCC(C)C)c3ccccc3)C[C@@H]2C1. The second-order valence-corrected chi connectivity index (χ2v) is 8.73. The average Bonchev–Trinajstić information content (AvgIpc) is 2.65. The van der Waals surface area contributed by atoms with Gasteiger partial charge in [-0.1, -0.05) is 50.3 Å². The molecular formula is C23H34N2O2. The molecule has 2 aliphatic heterocycles. The van der Waals surface area contributed by atoms with Crippen LogP contribution in [-0.2, 0) is 4.79 Å². The summed E-state index contributed by atoms with van der Waals surface area (Å²) in [5.41, 5.74) is 2.05. The van der Waals surface area contributed by atoms with Gasteiger partial charge >= 0.3 is 0 Å². The van der Waals surface area contributed by atoms with E-state index >= 15 is 0 Å². The third-order valence-electron chi connectivity index (χ3n) is 6.17. The van der Waals surface area contributed by atoms with Crippen molar-refractivity contribution >= 4 is 11.5 Å². The molecule has 1 aromatic rings. The molecule has 0 unspecified atom stereocenters. The molecule has 2 fully saturated rings. The molecule has 0 aromatic heterocycles. The van der Waals surface area contributed by atoms with Crippen LogP contribution in [0.2, 0.25) is 0 Å². The smallest absolute Gasteiger partial charge is 0.219 e. The lowest BCUT2D eigenvalue weighted by Crippen LogP contribution is -2.60. The zero-order valence-electron chi connectivity index (χ0n) is 17.0. The van der Waals surface area contributed by atoms with Gasteiger partial charge in [0.15, 0.2) is 0 Å². The number of hydrogen-bond donors (Lipinski definition) is 1. The summed E-state index contributed by atoms with van der Waals surface area (Å²) in [5, 5.41) is 11.1. The van der Waals surface area contributed by atoms with E-state index in [2.05, 4.69) is 55.2 Å². The Morgan fingerprint density at radius 2 is 1.93 bits per heavy atom. The van der Waals surface area contributed by atoms with Gasteiger partial charge in [0.1, 0.15) is 0 Å². The van der Waals surface area contributed by atoms with Crippen LogP contribution in [-0.4, -0.2) is 59.1 Å². The fraction of sp³-hybridized carbons (Fsp3) is 0.609. The van der Waals surface area contributed by atoms with E-state index in [0.29, 0.717) is 25.4 Å². The van der Waals surface area contributed by atoms with Crippen LogP contribution < -0.4 is 0 Å². The second-order valence-electron chi connectivity index (χ2n) is 8.73. The Hall–Kier alpha value is -1.65. The van der Waals surface area contributed by atoms with Crippen molar-refractivity contribution in [3.05, 3.63) is 42.0 Å². The monoisotopic (exact) mass is 370 g/mol. The molecule has 0 radical (unpaired) electrons. The predicted molar refractivity (Wildman–Crippen MR) is 110 cm³/mol. The van der Waals surface area contributed by atoms with Gasteiger partial charge in [-0.2, -0.15) is 0 Å². The largest absolute Gasteiger partial charge is 0.389 e. The Bertz CT molecular complexity index is 670. The van der Waals surface area contributed by atoms with Crippen LogP contribution in [0.25, 0.3) is 5.57 Å². The number of allylic oxidation sites excluding steroid dienone is 1. The van der Waals surface area contributed by atoms with E-state index in [9.17, 15) is 9.90 Å². The molecule has 2 atom stereocenters. The summed E-state index contributed by atoms with van der Waals surface area (Å²) < 4.78 is 0. The van der Waals surface area contributed by atoms with E-state index in [4.69, 9.17) is 0 Å². The fourth-order valence-electron chi connectivity index (χ4n) is 4.35. The number of fused-ring (bicyclic) bond motifs is 1. The molecule has 1 N–H and O–H groups in total. The van der Waals surface area contributed by atoms with Crippen LogP contribution in [0.15, 0.2) is 36.4 Å². The Labute approximate surface area is 163 Å². The minimum Gasteiger partial charge on any atom is -0.389 e. The van der Waals surface area contributed by atoms with Crippen LogP contribution in [0.1, 0.15) is 45.6 Å². The highest BCUT2D eigenvalue weighted by molar-refractivity contribution is 5.73. The number of benzene rings is 1. The van der Waals surface area contributed by atoms with E-state index in [1.165, 1.54) is 11.1 Å². The van der Waals surface area contributed by atoms with E-state index < -0.39 is 5.60 Å². The quantitative estimate of drug-likeness (QED) is 0.864. The summed E-state index contributed by atoms with van der Waals surface area (Å²) in [6.45, 7) is 10.2. The number of piperidine rings is 2. The molecule has 4 nitrogen and oxygen atoms in total. The summed E-state index contributed by atoms with van der Waals surface area (Å²) in [7, 11) is 0. The Morgan fingerprint density at radius 3 is 2.59 bits per heavy atom. The maximum absolute atomic E-state index is 11.8. The number of hydrogen-bond acceptors (Lipinski definition) is 3. The molecule has 4 heteroatoms. The van der Waals surface area contributed by atoms with Gasteiger partial charge in [0.25, 0.3) is 0 Å². The van der Waals surface area contributed by atoms with Gasteiger partial charge in [0, 0.05) is 45.6 Å². The van der Waals surface area contributed by atoms with E-state index in [-0.39, 0.29) is 11.8 Å². The molecule has 0 spiro atoms. The zero-order chi connectivity index (χ0) is 19.4. The number of carbonyl (C=O) groups excluding carboxylic acids is 1. The molecule has 1 amide bonds. The van der Waals surface area contributed by atoms with Gasteiger partial charge in [-0.25, -0.2) is 0 Å². The molecule has 2 heterocycles. The number of carbonyl (C=O) groups is 1. The number of nitrogens with zero attached hydrogens (tertiary/aromatic N) is 2. The number of amides is 1. The summed E-state index contributed by atoms with van der Waals surface area (Å²) in [4.78, 5) is 16.2. The maximum Gasteiger partial charge on any atom is 0.219 e. The van der Waals surface area contributed by atoms with Crippen LogP contribution in [0, 0.1) is 11.8 Å². The molecule has 0 aliphatic carbocycles. The summed E-state index contributed by atoms with van der Waals surface area (Å²) in [5.74, 6) is 0.902. The molecule has 3 rings (SSSR count). The Morgan fingerprint density at radius 1 is 1.22 bits per heavy atom. The zero-order valence-corrected chi connectivity index (χ0v) is 17.0. The second kappa shape index (κ2) is 8.57. The van der Waals surface area contributed by atoms with Gasteiger partial charge in [-0.3, -0.25) is 9.69 Å². The third-order valence-corrected chi connectivity index (χ3v) is 6.17. The average molecular weight is 371 g/mol. The molecule has 2 saturated heterocycles. The number of likely N-dealkylation sites (tertiary alicyclic amines) is 2. The van der Waals surface area contributed by atoms with Crippen molar-refractivity contribution < 1.29 is 9.90 Å². The molecule has 27 heavy (non-hydrogen) atoms. The summed E-state index contributed by atoms with van der Waals surface area (Å²) in [6, 6.07) is 10.6. The third kappa shape index (κ3) is 4.99. The minimum atomic E-state index is -0.600. The van der Waals surface area contributed by atoms with Crippen molar-refractivity contribution in [1.29, 1.82) is 0 Å². The molecule has 148 valence electrons. The van der Waals surface area contributed by atoms with Crippen LogP contribution in [0.5, 0.6) is 0 Å². The number of aliphatic hydroxyl groups is 1. The molecule has 1 aromatic carbocycles. The van der Waals surface area contributed by atoms with Crippen molar-refractivity contribution in [2.45, 2.75) is 45.6 Å². The lowest BCUT2D eigenvalue weighted by atomic mass is 9.75. The lowest BCUT2D eigenvalue weighted by Gasteiger charge is -2.50.